The SMILES string of the molecule is CC[C@@H](NC(=O)C1CCCN1)C(N)=O. The van der Waals surface area contributed by atoms with Gasteiger partial charge in [0, 0.05) is 0 Å². The van der Waals surface area contributed by atoms with Gasteiger partial charge in [0.15, 0.2) is 0 Å². The predicted octanol–water partition coefficient (Wildman–Crippen LogP) is -0.881. The highest BCUT2D eigenvalue weighted by molar-refractivity contribution is 5.89. The molecule has 1 unspecified atom stereocenters. The molecule has 0 bridgehead atoms. The Kier molecular flexibility index (Phi) is 3.88. The van der Waals surface area contributed by atoms with Gasteiger partial charge in [-0.25, -0.2) is 0 Å². The fraction of sp³-hybridized carbons (Fsp3) is 0.778. The van der Waals surface area contributed by atoms with Crippen LogP contribution in [0.3, 0.4) is 0 Å². The van der Waals surface area contributed by atoms with Crippen molar-refractivity contribution in [2.45, 2.75) is 38.3 Å². The molecule has 0 aromatic rings. The van der Waals surface area contributed by atoms with E-state index in [0.29, 0.717) is 6.42 Å². The maximum Gasteiger partial charge on any atom is 0.239 e. The van der Waals surface area contributed by atoms with Crippen LogP contribution in [0.2, 0.25) is 0 Å². The molecule has 1 aliphatic heterocycles. The van der Waals surface area contributed by atoms with E-state index in [4.69, 9.17) is 5.73 Å². The number of primary amides is 1. The number of nitrogens with two attached hydrogens (primary N) is 1. The first-order valence-electron chi connectivity index (χ1n) is 4.98. The number of hydrogen-bond donors (Lipinski definition) is 3. The van der Waals surface area contributed by atoms with E-state index in [1.54, 1.807) is 0 Å². The molecular weight excluding hydrogens is 182 g/mol. The van der Waals surface area contributed by atoms with E-state index in [9.17, 15) is 9.59 Å². The molecule has 0 radical (unpaired) electrons. The Labute approximate surface area is 83.4 Å². The van der Waals surface area contributed by atoms with E-state index in [1.807, 2.05) is 6.92 Å². The van der Waals surface area contributed by atoms with Crippen LogP contribution < -0.4 is 16.4 Å². The van der Waals surface area contributed by atoms with Gasteiger partial charge < -0.3 is 16.4 Å². The summed E-state index contributed by atoms with van der Waals surface area (Å²) in [5.74, 6) is -0.591. The second kappa shape index (κ2) is 4.95. The lowest BCUT2D eigenvalue weighted by Crippen LogP contribution is -2.49. The monoisotopic (exact) mass is 199 g/mol. The maximum absolute atomic E-state index is 11.5. The highest BCUT2D eigenvalue weighted by Gasteiger charge is 2.25. The van der Waals surface area contributed by atoms with Crippen molar-refractivity contribution >= 4 is 11.8 Å². The van der Waals surface area contributed by atoms with E-state index < -0.39 is 11.9 Å². The second-order valence-electron chi connectivity index (χ2n) is 3.52. The normalized spacial score (nSPS) is 23.1. The van der Waals surface area contributed by atoms with Crippen LogP contribution in [0.15, 0.2) is 0 Å². The summed E-state index contributed by atoms with van der Waals surface area (Å²) in [6.45, 7) is 2.68. The molecule has 14 heavy (non-hydrogen) atoms. The van der Waals surface area contributed by atoms with Crippen LogP contribution in [0.1, 0.15) is 26.2 Å². The van der Waals surface area contributed by atoms with Gasteiger partial charge in [0.25, 0.3) is 0 Å². The number of carbonyl (C=O) groups excluding carboxylic acids is 2. The van der Waals surface area contributed by atoms with Gasteiger partial charge in [-0.05, 0) is 25.8 Å². The number of rotatable bonds is 4. The lowest BCUT2D eigenvalue weighted by Gasteiger charge is -2.16. The van der Waals surface area contributed by atoms with Gasteiger partial charge in [0.2, 0.25) is 11.8 Å². The highest BCUT2D eigenvalue weighted by Crippen LogP contribution is 2.05. The molecule has 0 saturated carbocycles. The summed E-state index contributed by atoms with van der Waals surface area (Å²) < 4.78 is 0. The molecule has 4 N–H and O–H groups in total. The van der Waals surface area contributed by atoms with Crippen molar-refractivity contribution in [3.63, 3.8) is 0 Å². The van der Waals surface area contributed by atoms with Crippen LogP contribution in [0, 0.1) is 0 Å². The lowest BCUT2D eigenvalue weighted by molar-refractivity contribution is -0.128. The van der Waals surface area contributed by atoms with Gasteiger partial charge >= 0.3 is 0 Å². The molecule has 0 aliphatic carbocycles. The van der Waals surface area contributed by atoms with Gasteiger partial charge in [0.1, 0.15) is 6.04 Å². The zero-order valence-corrected chi connectivity index (χ0v) is 8.38. The molecule has 1 aliphatic rings. The zero-order valence-electron chi connectivity index (χ0n) is 8.38. The van der Waals surface area contributed by atoms with Crippen LogP contribution in [0.4, 0.5) is 0 Å². The molecule has 80 valence electrons. The van der Waals surface area contributed by atoms with Crippen molar-refractivity contribution in [3.05, 3.63) is 0 Å². The maximum atomic E-state index is 11.5. The summed E-state index contributed by atoms with van der Waals surface area (Å²) >= 11 is 0. The molecule has 1 heterocycles. The molecule has 5 heteroatoms. The molecule has 5 nitrogen and oxygen atoms in total. The van der Waals surface area contributed by atoms with E-state index >= 15 is 0 Å². The van der Waals surface area contributed by atoms with Gasteiger partial charge in [-0.1, -0.05) is 6.92 Å². The Hall–Kier alpha value is -1.10. The molecule has 2 amide bonds. The minimum absolute atomic E-state index is 0.117. The van der Waals surface area contributed by atoms with Gasteiger partial charge in [-0.2, -0.15) is 0 Å². The minimum atomic E-state index is -0.537. The molecular formula is C9H17N3O2. The third kappa shape index (κ3) is 2.70. The summed E-state index contributed by atoms with van der Waals surface area (Å²) in [6, 6.07) is -0.687. The summed E-state index contributed by atoms with van der Waals surface area (Å²) in [7, 11) is 0. The van der Waals surface area contributed by atoms with Crippen molar-refractivity contribution < 1.29 is 9.59 Å². The first-order chi connectivity index (χ1) is 6.65. The zero-order chi connectivity index (χ0) is 10.6. The molecule has 1 fully saturated rings. The summed E-state index contributed by atoms with van der Waals surface area (Å²) in [5.41, 5.74) is 5.12. The Bertz CT molecular complexity index is 224. The summed E-state index contributed by atoms with van der Waals surface area (Å²) in [5, 5.41) is 5.69. The van der Waals surface area contributed by atoms with Crippen LogP contribution in [0.5, 0.6) is 0 Å². The van der Waals surface area contributed by atoms with E-state index in [1.165, 1.54) is 0 Å². The molecule has 0 aromatic carbocycles. The van der Waals surface area contributed by atoms with Crippen molar-refractivity contribution in [2.24, 2.45) is 5.73 Å². The largest absolute Gasteiger partial charge is 0.368 e. The molecule has 0 spiro atoms. The van der Waals surface area contributed by atoms with E-state index in [-0.39, 0.29) is 11.9 Å². The van der Waals surface area contributed by atoms with Crippen LogP contribution >= 0.6 is 0 Å². The van der Waals surface area contributed by atoms with Crippen molar-refractivity contribution in [3.8, 4) is 0 Å². The molecule has 1 saturated heterocycles. The third-order valence-electron chi connectivity index (χ3n) is 2.44. The quantitative estimate of drug-likeness (QED) is 0.549. The molecule has 0 aromatic heterocycles. The summed E-state index contributed by atoms with van der Waals surface area (Å²) in [6.07, 6.45) is 2.38. The average Bonchev–Trinajstić information content (AvgIpc) is 2.65. The molecule has 1 rings (SSSR count). The second-order valence-corrected chi connectivity index (χ2v) is 3.52. The first kappa shape index (κ1) is 11.0. The summed E-state index contributed by atoms with van der Waals surface area (Å²) in [4.78, 5) is 22.4. The Morgan fingerprint density at radius 3 is 2.79 bits per heavy atom. The van der Waals surface area contributed by atoms with E-state index in [2.05, 4.69) is 10.6 Å². The Balaban J connectivity index is 2.41. The number of hydrogen-bond acceptors (Lipinski definition) is 3. The fourth-order valence-corrected chi connectivity index (χ4v) is 1.56. The third-order valence-corrected chi connectivity index (χ3v) is 2.44. The highest BCUT2D eigenvalue weighted by atomic mass is 16.2. The standard InChI is InChI=1S/C9H17N3O2/c1-2-6(8(10)13)12-9(14)7-4-3-5-11-7/h6-7,11H,2-5H2,1H3,(H2,10,13)(H,12,14)/t6-,7?/m1/s1. The first-order valence-corrected chi connectivity index (χ1v) is 4.98. The Morgan fingerprint density at radius 1 is 1.64 bits per heavy atom. The van der Waals surface area contributed by atoms with Crippen molar-refractivity contribution in [2.75, 3.05) is 6.54 Å². The van der Waals surface area contributed by atoms with Crippen molar-refractivity contribution in [1.82, 2.24) is 10.6 Å². The van der Waals surface area contributed by atoms with Gasteiger partial charge in [-0.15, -0.1) is 0 Å². The Morgan fingerprint density at radius 2 is 2.36 bits per heavy atom. The van der Waals surface area contributed by atoms with Gasteiger partial charge in [-0.3, -0.25) is 9.59 Å². The number of nitrogens with one attached hydrogen (secondary N) is 2. The van der Waals surface area contributed by atoms with Crippen LogP contribution in [0.25, 0.3) is 0 Å². The van der Waals surface area contributed by atoms with Gasteiger partial charge in [0.05, 0.1) is 6.04 Å². The molecule has 2 atom stereocenters. The average molecular weight is 199 g/mol. The van der Waals surface area contributed by atoms with Crippen LogP contribution in [-0.4, -0.2) is 30.4 Å². The fourth-order valence-electron chi connectivity index (χ4n) is 1.56. The minimum Gasteiger partial charge on any atom is -0.368 e. The predicted molar refractivity (Wildman–Crippen MR) is 52.4 cm³/mol. The topological polar surface area (TPSA) is 84.2 Å². The lowest BCUT2D eigenvalue weighted by atomic mass is 10.1. The number of carbonyl (C=O) groups is 2. The van der Waals surface area contributed by atoms with Crippen molar-refractivity contribution in [1.29, 1.82) is 0 Å². The van der Waals surface area contributed by atoms with Crippen LogP contribution in [-0.2, 0) is 9.59 Å². The number of amides is 2. The van der Waals surface area contributed by atoms with E-state index in [0.717, 1.165) is 19.4 Å². The smallest absolute Gasteiger partial charge is 0.239 e.